The van der Waals surface area contributed by atoms with E-state index >= 15 is 0 Å². The molecule has 0 aliphatic heterocycles. The van der Waals surface area contributed by atoms with Crippen molar-refractivity contribution < 1.29 is 0 Å². The molecule has 0 radical (unpaired) electrons. The lowest BCUT2D eigenvalue weighted by Crippen LogP contribution is -2.11. The maximum Gasteiger partial charge on any atom is 0.135 e. The molecular formula is C15H19BrIN3. The highest BCUT2D eigenvalue weighted by atomic mass is 127. The van der Waals surface area contributed by atoms with Crippen LogP contribution in [0.1, 0.15) is 32.0 Å². The monoisotopic (exact) mass is 447 g/mol. The maximum absolute atomic E-state index is 6.19. The topological polar surface area (TPSA) is 43.8 Å². The smallest absolute Gasteiger partial charge is 0.135 e. The standard InChI is InChI=1S/C15H19BrIN3/c1-15(2,3)8-12-13(17)14(18)20(19-12)9-10-5-4-6-11(16)7-10/h4-7H,8-9,18H2,1-3H3. The zero-order valence-corrected chi connectivity index (χ0v) is 15.7. The zero-order valence-electron chi connectivity index (χ0n) is 12.0. The average molecular weight is 448 g/mol. The molecule has 0 saturated heterocycles. The second kappa shape index (κ2) is 6.05. The summed E-state index contributed by atoms with van der Waals surface area (Å²) in [7, 11) is 0. The van der Waals surface area contributed by atoms with Crippen molar-refractivity contribution in [2.45, 2.75) is 33.7 Å². The Bertz CT molecular complexity index is 614. The molecule has 0 fully saturated rings. The minimum atomic E-state index is 0.210. The molecule has 0 aliphatic carbocycles. The van der Waals surface area contributed by atoms with Crippen molar-refractivity contribution in [3.05, 3.63) is 43.6 Å². The van der Waals surface area contributed by atoms with E-state index in [0.29, 0.717) is 6.54 Å². The number of rotatable bonds is 3. The lowest BCUT2D eigenvalue weighted by Gasteiger charge is -2.16. The van der Waals surface area contributed by atoms with Crippen molar-refractivity contribution in [3.63, 3.8) is 0 Å². The molecule has 1 aromatic heterocycles. The van der Waals surface area contributed by atoms with Gasteiger partial charge in [-0.25, -0.2) is 4.68 Å². The molecule has 1 heterocycles. The highest BCUT2D eigenvalue weighted by Crippen LogP contribution is 2.27. The summed E-state index contributed by atoms with van der Waals surface area (Å²) < 4.78 is 4.04. The lowest BCUT2D eigenvalue weighted by molar-refractivity contribution is 0.403. The molecule has 5 heteroatoms. The molecule has 0 spiro atoms. The van der Waals surface area contributed by atoms with Gasteiger partial charge in [0.1, 0.15) is 5.82 Å². The quantitative estimate of drug-likeness (QED) is 0.705. The van der Waals surface area contributed by atoms with Crippen molar-refractivity contribution >= 4 is 44.3 Å². The van der Waals surface area contributed by atoms with Crippen LogP contribution in [0.3, 0.4) is 0 Å². The Labute approximate surface area is 142 Å². The van der Waals surface area contributed by atoms with Gasteiger partial charge >= 0.3 is 0 Å². The van der Waals surface area contributed by atoms with Crippen LogP contribution >= 0.6 is 38.5 Å². The highest BCUT2D eigenvalue weighted by molar-refractivity contribution is 14.1. The molecule has 3 nitrogen and oxygen atoms in total. The minimum absolute atomic E-state index is 0.210. The molecule has 0 aliphatic rings. The van der Waals surface area contributed by atoms with E-state index in [-0.39, 0.29) is 5.41 Å². The SMILES string of the molecule is CC(C)(C)Cc1nn(Cc2cccc(Br)c2)c(N)c1I. The van der Waals surface area contributed by atoms with E-state index in [1.165, 1.54) is 5.56 Å². The van der Waals surface area contributed by atoms with Gasteiger partial charge in [0.25, 0.3) is 0 Å². The Morgan fingerprint density at radius 1 is 1.35 bits per heavy atom. The molecule has 2 aromatic rings. The number of hydrogen-bond acceptors (Lipinski definition) is 2. The number of nitrogens with two attached hydrogens (primary N) is 1. The Hall–Kier alpha value is -0.560. The van der Waals surface area contributed by atoms with Crippen molar-refractivity contribution in [2.75, 3.05) is 5.73 Å². The van der Waals surface area contributed by atoms with E-state index in [0.717, 1.165) is 26.0 Å². The molecule has 108 valence electrons. The Morgan fingerprint density at radius 3 is 2.65 bits per heavy atom. The van der Waals surface area contributed by atoms with Gasteiger partial charge < -0.3 is 5.73 Å². The van der Waals surface area contributed by atoms with Crippen LogP contribution in [0, 0.1) is 8.99 Å². The second-order valence-corrected chi connectivity index (χ2v) is 8.17. The third-order valence-electron chi connectivity index (χ3n) is 2.92. The predicted molar refractivity (Wildman–Crippen MR) is 95.8 cm³/mol. The Balaban J connectivity index is 2.27. The van der Waals surface area contributed by atoms with Crippen LogP contribution in [0.5, 0.6) is 0 Å². The van der Waals surface area contributed by atoms with Crippen molar-refractivity contribution in [1.82, 2.24) is 9.78 Å². The number of halogens is 2. The van der Waals surface area contributed by atoms with Crippen LogP contribution in [0.4, 0.5) is 5.82 Å². The number of nitrogen functional groups attached to an aromatic ring is 1. The lowest BCUT2D eigenvalue weighted by atomic mass is 9.91. The number of hydrogen-bond donors (Lipinski definition) is 1. The summed E-state index contributed by atoms with van der Waals surface area (Å²) >= 11 is 5.79. The highest BCUT2D eigenvalue weighted by Gasteiger charge is 2.19. The van der Waals surface area contributed by atoms with Gasteiger partial charge in [-0.1, -0.05) is 48.8 Å². The number of nitrogens with zero attached hydrogens (tertiary/aromatic N) is 2. The van der Waals surface area contributed by atoms with Gasteiger partial charge in [-0.15, -0.1) is 0 Å². The largest absolute Gasteiger partial charge is 0.383 e. The summed E-state index contributed by atoms with van der Waals surface area (Å²) in [6.45, 7) is 7.34. The molecule has 0 bridgehead atoms. The molecule has 20 heavy (non-hydrogen) atoms. The van der Waals surface area contributed by atoms with Crippen LogP contribution in [-0.4, -0.2) is 9.78 Å². The summed E-state index contributed by atoms with van der Waals surface area (Å²) in [6, 6.07) is 8.23. The molecule has 2 rings (SSSR count). The maximum atomic E-state index is 6.19. The third-order valence-corrected chi connectivity index (χ3v) is 4.59. The third kappa shape index (κ3) is 3.97. The van der Waals surface area contributed by atoms with E-state index in [4.69, 9.17) is 5.73 Å². The Kier molecular flexibility index (Phi) is 4.79. The number of aromatic nitrogens is 2. The minimum Gasteiger partial charge on any atom is -0.383 e. The first kappa shape index (κ1) is 15.8. The van der Waals surface area contributed by atoms with Crippen LogP contribution in [0.25, 0.3) is 0 Å². The van der Waals surface area contributed by atoms with E-state index in [2.05, 4.69) is 76.5 Å². The van der Waals surface area contributed by atoms with Crippen molar-refractivity contribution in [2.24, 2.45) is 5.41 Å². The first-order valence-corrected chi connectivity index (χ1v) is 8.38. The Morgan fingerprint density at radius 2 is 2.05 bits per heavy atom. The van der Waals surface area contributed by atoms with Gasteiger partial charge in [0.2, 0.25) is 0 Å². The first-order chi connectivity index (χ1) is 9.26. The van der Waals surface area contributed by atoms with Gasteiger partial charge in [0.15, 0.2) is 0 Å². The van der Waals surface area contributed by atoms with E-state index < -0.39 is 0 Å². The summed E-state index contributed by atoms with van der Waals surface area (Å²) in [5, 5.41) is 4.69. The zero-order chi connectivity index (χ0) is 14.9. The molecule has 0 atom stereocenters. The van der Waals surface area contributed by atoms with Gasteiger partial charge in [-0.05, 0) is 52.1 Å². The molecule has 0 amide bonds. The summed E-state index contributed by atoms with van der Waals surface area (Å²) in [5.74, 6) is 0.754. The predicted octanol–water partition coefficient (Wildman–Crippen LogP) is 4.47. The number of benzene rings is 1. The van der Waals surface area contributed by atoms with Crippen LogP contribution in [-0.2, 0) is 13.0 Å². The van der Waals surface area contributed by atoms with Crippen LogP contribution in [0.15, 0.2) is 28.7 Å². The van der Waals surface area contributed by atoms with Gasteiger partial charge in [-0.2, -0.15) is 5.10 Å². The molecule has 0 unspecified atom stereocenters. The van der Waals surface area contributed by atoms with E-state index in [9.17, 15) is 0 Å². The summed E-state index contributed by atoms with van der Waals surface area (Å²) in [5.41, 5.74) is 8.67. The van der Waals surface area contributed by atoms with Crippen LogP contribution < -0.4 is 5.73 Å². The number of anilines is 1. The molecule has 0 saturated carbocycles. The van der Waals surface area contributed by atoms with Crippen molar-refractivity contribution in [3.8, 4) is 0 Å². The molecule has 2 N–H and O–H groups in total. The molecular weight excluding hydrogens is 429 g/mol. The van der Waals surface area contributed by atoms with Gasteiger partial charge in [0.05, 0.1) is 15.8 Å². The fourth-order valence-corrected chi connectivity index (χ4v) is 3.07. The van der Waals surface area contributed by atoms with Gasteiger partial charge in [-0.3, -0.25) is 0 Å². The first-order valence-electron chi connectivity index (χ1n) is 6.51. The second-order valence-electron chi connectivity index (χ2n) is 6.17. The van der Waals surface area contributed by atoms with E-state index in [1.54, 1.807) is 0 Å². The van der Waals surface area contributed by atoms with E-state index in [1.807, 2.05) is 16.8 Å². The summed E-state index contributed by atoms with van der Waals surface area (Å²) in [4.78, 5) is 0. The normalized spacial score (nSPS) is 11.8. The fourth-order valence-electron chi connectivity index (χ4n) is 2.05. The molecule has 1 aromatic carbocycles. The summed E-state index contributed by atoms with van der Waals surface area (Å²) in [6.07, 6.45) is 0.932. The van der Waals surface area contributed by atoms with Crippen LogP contribution in [0.2, 0.25) is 0 Å². The fraction of sp³-hybridized carbons (Fsp3) is 0.400. The average Bonchev–Trinajstić information content (AvgIpc) is 2.56. The van der Waals surface area contributed by atoms with Crippen molar-refractivity contribution in [1.29, 1.82) is 0 Å². The van der Waals surface area contributed by atoms with Gasteiger partial charge in [0, 0.05) is 4.47 Å².